The molecule has 1 unspecified atom stereocenters. The molecule has 0 saturated carbocycles. The van der Waals surface area contributed by atoms with Crippen LogP contribution in [0.15, 0.2) is 66.7 Å². The summed E-state index contributed by atoms with van der Waals surface area (Å²) in [6.45, 7) is 2.96. The van der Waals surface area contributed by atoms with Gasteiger partial charge in [-0.15, -0.1) is 0 Å². The summed E-state index contributed by atoms with van der Waals surface area (Å²) in [5.74, 6) is 3.15. The van der Waals surface area contributed by atoms with Gasteiger partial charge < -0.3 is 23.8 Å². The smallest absolute Gasteiger partial charge is 0.231 e. The molecule has 0 aromatic heterocycles. The first-order valence-electron chi connectivity index (χ1n) is 11.1. The summed E-state index contributed by atoms with van der Waals surface area (Å²) >= 11 is 0. The topological polar surface area (TPSA) is 40.2 Å². The third-order valence-electron chi connectivity index (χ3n) is 6.73. The van der Waals surface area contributed by atoms with E-state index >= 15 is 0 Å². The first kappa shape index (κ1) is 19.8. The Labute approximate surface area is 193 Å². The molecule has 2 aliphatic rings. The second-order valence-electron chi connectivity index (χ2n) is 8.51. The van der Waals surface area contributed by atoms with Crippen molar-refractivity contribution in [2.45, 2.75) is 19.6 Å². The van der Waals surface area contributed by atoms with Crippen molar-refractivity contribution < 1.29 is 18.9 Å². The van der Waals surface area contributed by atoms with E-state index in [1.165, 1.54) is 16.8 Å². The van der Waals surface area contributed by atoms with E-state index in [0.29, 0.717) is 6.61 Å². The molecule has 0 radical (unpaired) electrons. The lowest BCUT2D eigenvalue weighted by molar-refractivity contribution is 0.174. The van der Waals surface area contributed by atoms with Crippen LogP contribution in [0, 0.1) is 0 Å². The van der Waals surface area contributed by atoms with Gasteiger partial charge in [0.15, 0.2) is 23.0 Å². The summed E-state index contributed by atoms with van der Waals surface area (Å²) < 4.78 is 23.4. The Hall–Kier alpha value is -3.86. The van der Waals surface area contributed by atoms with Crippen LogP contribution in [0.4, 0.5) is 5.69 Å². The SMILES string of the molecule is COc1ccc2c(c1OCc1ccccc1)C(C)N(C)c1c-2ccc2cc3c(cc12)OCO3. The molecule has 0 spiro atoms. The van der Waals surface area contributed by atoms with E-state index < -0.39 is 0 Å². The number of nitrogens with zero attached hydrogens (tertiary/aromatic N) is 1. The molecule has 4 aromatic rings. The molecule has 1 atom stereocenters. The zero-order valence-electron chi connectivity index (χ0n) is 18.9. The number of fused-ring (bicyclic) bond motifs is 6. The van der Waals surface area contributed by atoms with E-state index in [1.54, 1.807) is 7.11 Å². The Bertz CT molecular complexity index is 1370. The monoisotopic (exact) mass is 439 g/mol. The summed E-state index contributed by atoms with van der Waals surface area (Å²) in [5, 5.41) is 2.29. The zero-order chi connectivity index (χ0) is 22.5. The van der Waals surface area contributed by atoms with Crippen molar-refractivity contribution in [3.8, 4) is 34.1 Å². The van der Waals surface area contributed by atoms with Crippen molar-refractivity contribution in [2.75, 3.05) is 25.9 Å². The van der Waals surface area contributed by atoms with Crippen LogP contribution in [-0.4, -0.2) is 21.0 Å². The number of hydrogen-bond donors (Lipinski definition) is 0. The zero-order valence-corrected chi connectivity index (χ0v) is 18.9. The second-order valence-corrected chi connectivity index (χ2v) is 8.51. The van der Waals surface area contributed by atoms with Crippen LogP contribution in [0.3, 0.4) is 0 Å². The van der Waals surface area contributed by atoms with Crippen molar-refractivity contribution in [3.63, 3.8) is 0 Å². The largest absolute Gasteiger partial charge is 0.493 e. The van der Waals surface area contributed by atoms with Gasteiger partial charge in [0.2, 0.25) is 6.79 Å². The first-order chi connectivity index (χ1) is 16.2. The number of methoxy groups -OCH3 is 1. The van der Waals surface area contributed by atoms with E-state index in [1.807, 2.05) is 24.3 Å². The molecule has 4 aromatic carbocycles. The van der Waals surface area contributed by atoms with Crippen LogP contribution in [0.1, 0.15) is 24.1 Å². The van der Waals surface area contributed by atoms with Crippen LogP contribution >= 0.6 is 0 Å². The van der Waals surface area contributed by atoms with Crippen molar-refractivity contribution in [3.05, 3.63) is 77.9 Å². The standard InChI is InChI=1S/C28H25NO4/c1-17-26-20(11-12-23(30-3)28(26)31-15-18-7-5-4-6-8-18)21-10-9-19-13-24-25(33-16-32-24)14-22(19)27(21)29(17)2/h4-14,17H,15-16H2,1-3H3. The van der Waals surface area contributed by atoms with Crippen molar-refractivity contribution in [1.29, 1.82) is 0 Å². The Kier molecular flexibility index (Phi) is 4.57. The Morgan fingerprint density at radius 3 is 2.48 bits per heavy atom. The molecular weight excluding hydrogens is 414 g/mol. The fraction of sp³-hybridized carbons (Fsp3) is 0.214. The van der Waals surface area contributed by atoms with Gasteiger partial charge in [0.25, 0.3) is 0 Å². The van der Waals surface area contributed by atoms with Gasteiger partial charge in [-0.2, -0.15) is 0 Å². The average molecular weight is 440 g/mol. The van der Waals surface area contributed by atoms with Gasteiger partial charge in [0, 0.05) is 23.6 Å². The summed E-state index contributed by atoms with van der Waals surface area (Å²) in [4.78, 5) is 2.32. The lowest BCUT2D eigenvalue weighted by atomic mass is 9.86. The number of rotatable bonds is 4. The van der Waals surface area contributed by atoms with Gasteiger partial charge in [-0.1, -0.05) is 42.5 Å². The highest BCUT2D eigenvalue weighted by Crippen LogP contribution is 2.53. The Balaban J connectivity index is 1.52. The van der Waals surface area contributed by atoms with Gasteiger partial charge in [-0.25, -0.2) is 0 Å². The molecule has 6 rings (SSSR count). The predicted octanol–water partition coefficient (Wildman–Crippen LogP) is 6.33. The minimum absolute atomic E-state index is 0.0874. The molecule has 33 heavy (non-hydrogen) atoms. The van der Waals surface area contributed by atoms with Crippen LogP contribution < -0.4 is 23.8 Å². The second kappa shape index (κ2) is 7.62. The molecule has 5 nitrogen and oxygen atoms in total. The maximum absolute atomic E-state index is 6.41. The highest BCUT2D eigenvalue weighted by Gasteiger charge is 2.32. The maximum Gasteiger partial charge on any atom is 0.231 e. The number of benzene rings is 4. The van der Waals surface area contributed by atoms with E-state index in [9.17, 15) is 0 Å². The average Bonchev–Trinajstić information content (AvgIpc) is 3.31. The van der Waals surface area contributed by atoms with Crippen LogP contribution in [-0.2, 0) is 6.61 Å². The maximum atomic E-state index is 6.41. The quantitative estimate of drug-likeness (QED) is 0.371. The molecule has 0 aliphatic carbocycles. The lowest BCUT2D eigenvalue weighted by Gasteiger charge is -2.38. The molecule has 0 N–H and O–H groups in total. The molecule has 0 fully saturated rings. The summed E-state index contributed by atoms with van der Waals surface area (Å²) in [6.07, 6.45) is 0. The summed E-state index contributed by atoms with van der Waals surface area (Å²) in [6, 6.07) is 23.0. The summed E-state index contributed by atoms with van der Waals surface area (Å²) in [5.41, 5.74) is 5.78. The molecule has 166 valence electrons. The van der Waals surface area contributed by atoms with Crippen LogP contribution in [0.25, 0.3) is 21.9 Å². The highest BCUT2D eigenvalue weighted by atomic mass is 16.7. The third kappa shape index (κ3) is 3.07. The van der Waals surface area contributed by atoms with E-state index in [0.717, 1.165) is 44.9 Å². The molecular formula is C28H25NO4. The number of hydrogen-bond acceptors (Lipinski definition) is 5. The third-order valence-corrected chi connectivity index (χ3v) is 6.73. The molecule has 5 heteroatoms. The highest BCUT2D eigenvalue weighted by molar-refractivity contribution is 6.05. The minimum atomic E-state index is 0.0874. The fourth-order valence-electron chi connectivity index (χ4n) is 4.95. The normalized spacial score (nSPS) is 15.8. The molecule has 0 saturated heterocycles. The fourth-order valence-corrected chi connectivity index (χ4v) is 4.95. The van der Waals surface area contributed by atoms with Crippen LogP contribution in [0.5, 0.6) is 23.0 Å². The van der Waals surface area contributed by atoms with Gasteiger partial charge in [-0.05, 0) is 47.7 Å². The van der Waals surface area contributed by atoms with Gasteiger partial charge in [-0.3, -0.25) is 0 Å². The van der Waals surface area contributed by atoms with E-state index in [-0.39, 0.29) is 12.8 Å². The summed E-state index contributed by atoms with van der Waals surface area (Å²) in [7, 11) is 3.83. The van der Waals surface area contributed by atoms with E-state index in [2.05, 4.69) is 61.3 Å². The van der Waals surface area contributed by atoms with Crippen molar-refractivity contribution in [1.82, 2.24) is 0 Å². The molecule has 0 amide bonds. The molecule has 2 heterocycles. The number of ether oxygens (including phenoxy) is 4. The molecule has 0 bridgehead atoms. The van der Waals surface area contributed by atoms with Crippen molar-refractivity contribution >= 4 is 16.5 Å². The molecule has 2 aliphatic heterocycles. The number of anilines is 1. The van der Waals surface area contributed by atoms with Gasteiger partial charge >= 0.3 is 0 Å². The van der Waals surface area contributed by atoms with Gasteiger partial charge in [0.1, 0.15) is 6.61 Å². The predicted molar refractivity (Wildman–Crippen MR) is 130 cm³/mol. The minimum Gasteiger partial charge on any atom is -0.493 e. The van der Waals surface area contributed by atoms with E-state index in [4.69, 9.17) is 18.9 Å². The lowest BCUT2D eigenvalue weighted by Crippen LogP contribution is -2.27. The van der Waals surface area contributed by atoms with Crippen LogP contribution in [0.2, 0.25) is 0 Å². The Morgan fingerprint density at radius 1 is 0.939 bits per heavy atom. The van der Waals surface area contributed by atoms with Gasteiger partial charge in [0.05, 0.1) is 18.8 Å². The Morgan fingerprint density at radius 2 is 1.70 bits per heavy atom. The van der Waals surface area contributed by atoms with Crippen molar-refractivity contribution in [2.24, 2.45) is 0 Å². The first-order valence-corrected chi connectivity index (χ1v) is 11.1.